The predicted molar refractivity (Wildman–Crippen MR) is 75.8 cm³/mol. The third-order valence-electron chi connectivity index (χ3n) is 4.25. The Kier molecular flexibility index (Phi) is 3.53. The molecule has 2 nitrogen and oxygen atoms in total. The standard InChI is InChI=1S/C15H18BrNO/c16-13-14(10-6-2-1-3-7-10)17-12-9-5-4-8-11(12)15(13)18/h1-3,6-7,11-14,17H,4-5,8-9H2. The lowest BCUT2D eigenvalue weighted by Gasteiger charge is -2.42. The van der Waals surface area contributed by atoms with E-state index >= 15 is 0 Å². The van der Waals surface area contributed by atoms with Crippen LogP contribution in [0.4, 0.5) is 0 Å². The Labute approximate surface area is 116 Å². The second-order valence-corrected chi connectivity index (χ2v) is 6.34. The molecule has 1 N–H and O–H groups in total. The Balaban J connectivity index is 1.86. The number of hydrogen-bond acceptors (Lipinski definition) is 2. The zero-order valence-corrected chi connectivity index (χ0v) is 11.9. The number of Topliss-reactive ketones (excluding diaryl/α,β-unsaturated/α-hetero) is 1. The maximum atomic E-state index is 12.5. The summed E-state index contributed by atoms with van der Waals surface area (Å²) >= 11 is 3.61. The van der Waals surface area contributed by atoms with Gasteiger partial charge in [-0.2, -0.15) is 0 Å². The Morgan fingerprint density at radius 2 is 1.83 bits per heavy atom. The van der Waals surface area contributed by atoms with E-state index < -0.39 is 0 Å². The van der Waals surface area contributed by atoms with E-state index in [4.69, 9.17) is 0 Å². The Morgan fingerprint density at radius 3 is 2.61 bits per heavy atom. The number of fused-ring (bicyclic) bond motifs is 1. The summed E-state index contributed by atoms with van der Waals surface area (Å²) in [5, 5.41) is 3.68. The SMILES string of the molecule is O=C1C(Br)C(c2ccccc2)NC2CCCCC12. The Morgan fingerprint density at radius 1 is 1.11 bits per heavy atom. The number of rotatable bonds is 1. The first-order chi connectivity index (χ1) is 8.77. The maximum Gasteiger partial charge on any atom is 0.153 e. The van der Waals surface area contributed by atoms with Crippen LogP contribution in [0.25, 0.3) is 0 Å². The van der Waals surface area contributed by atoms with Crippen LogP contribution in [-0.4, -0.2) is 16.7 Å². The van der Waals surface area contributed by atoms with Crippen molar-refractivity contribution in [2.75, 3.05) is 0 Å². The molecule has 1 aliphatic carbocycles. The van der Waals surface area contributed by atoms with E-state index in [0.717, 1.165) is 12.8 Å². The van der Waals surface area contributed by atoms with E-state index in [2.05, 4.69) is 33.4 Å². The zero-order valence-electron chi connectivity index (χ0n) is 10.3. The van der Waals surface area contributed by atoms with Crippen molar-refractivity contribution in [3.8, 4) is 0 Å². The molecule has 1 saturated heterocycles. The molecule has 0 amide bonds. The highest BCUT2D eigenvalue weighted by Gasteiger charge is 2.43. The number of carbonyl (C=O) groups is 1. The summed E-state index contributed by atoms with van der Waals surface area (Å²) in [6.07, 6.45) is 4.64. The molecule has 0 radical (unpaired) electrons. The van der Waals surface area contributed by atoms with Gasteiger partial charge < -0.3 is 5.32 Å². The molecule has 1 heterocycles. The van der Waals surface area contributed by atoms with Crippen molar-refractivity contribution >= 4 is 21.7 Å². The fraction of sp³-hybridized carbons (Fsp3) is 0.533. The summed E-state index contributed by atoms with van der Waals surface area (Å²) in [6, 6.07) is 10.8. The fourth-order valence-electron chi connectivity index (χ4n) is 3.28. The largest absolute Gasteiger partial charge is 0.305 e. The fourth-order valence-corrected chi connectivity index (χ4v) is 4.08. The van der Waals surface area contributed by atoms with Gasteiger partial charge in [-0.05, 0) is 18.4 Å². The summed E-state index contributed by atoms with van der Waals surface area (Å²) in [5.74, 6) is 0.621. The van der Waals surface area contributed by atoms with Gasteiger partial charge in [-0.3, -0.25) is 4.79 Å². The summed E-state index contributed by atoms with van der Waals surface area (Å²) in [7, 11) is 0. The van der Waals surface area contributed by atoms with Crippen molar-refractivity contribution in [1.29, 1.82) is 0 Å². The van der Waals surface area contributed by atoms with E-state index in [1.54, 1.807) is 0 Å². The van der Waals surface area contributed by atoms with Crippen LogP contribution < -0.4 is 5.32 Å². The van der Waals surface area contributed by atoms with Gasteiger partial charge in [-0.15, -0.1) is 0 Å². The molecule has 18 heavy (non-hydrogen) atoms. The maximum absolute atomic E-state index is 12.5. The van der Waals surface area contributed by atoms with E-state index in [1.807, 2.05) is 18.2 Å². The molecule has 2 fully saturated rings. The monoisotopic (exact) mass is 307 g/mol. The normalized spacial score (nSPS) is 36.2. The minimum Gasteiger partial charge on any atom is -0.305 e. The number of halogens is 1. The van der Waals surface area contributed by atoms with E-state index in [1.165, 1.54) is 18.4 Å². The minimum absolute atomic E-state index is 0.0840. The van der Waals surface area contributed by atoms with Gasteiger partial charge in [0.25, 0.3) is 0 Å². The quantitative estimate of drug-likeness (QED) is 0.807. The van der Waals surface area contributed by atoms with Crippen molar-refractivity contribution < 1.29 is 4.79 Å². The molecule has 1 aromatic rings. The molecule has 0 bridgehead atoms. The first-order valence-electron chi connectivity index (χ1n) is 6.76. The first kappa shape index (κ1) is 12.4. The van der Waals surface area contributed by atoms with Gasteiger partial charge in [-0.1, -0.05) is 59.1 Å². The van der Waals surface area contributed by atoms with Crippen LogP contribution >= 0.6 is 15.9 Å². The average molecular weight is 308 g/mol. The number of piperidine rings is 1. The molecular formula is C15H18BrNO. The lowest BCUT2D eigenvalue weighted by Crippen LogP contribution is -2.54. The van der Waals surface area contributed by atoms with E-state index in [9.17, 15) is 4.79 Å². The van der Waals surface area contributed by atoms with Crippen molar-refractivity contribution in [2.24, 2.45) is 5.92 Å². The number of benzene rings is 1. The van der Waals surface area contributed by atoms with E-state index in [-0.39, 0.29) is 16.8 Å². The zero-order chi connectivity index (χ0) is 12.5. The molecule has 1 aromatic carbocycles. The Hall–Kier alpha value is -0.670. The second kappa shape index (κ2) is 5.14. The van der Waals surface area contributed by atoms with Gasteiger partial charge >= 0.3 is 0 Å². The van der Waals surface area contributed by atoms with Crippen molar-refractivity contribution in [3.63, 3.8) is 0 Å². The van der Waals surface area contributed by atoms with Gasteiger partial charge in [0.2, 0.25) is 0 Å². The van der Waals surface area contributed by atoms with Crippen molar-refractivity contribution in [3.05, 3.63) is 35.9 Å². The lowest BCUT2D eigenvalue weighted by atomic mass is 9.76. The van der Waals surface area contributed by atoms with Gasteiger partial charge in [0, 0.05) is 12.0 Å². The van der Waals surface area contributed by atoms with Crippen LogP contribution in [0, 0.1) is 5.92 Å². The van der Waals surface area contributed by atoms with E-state index in [0.29, 0.717) is 11.8 Å². The molecule has 96 valence electrons. The summed E-state index contributed by atoms with van der Waals surface area (Å²) in [5.41, 5.74) is 1.21. The number of carbonyl (C=O) groups excluding carboxylic acids is 1. The van der Waals surface area contributed by atoms with Crippen LogP contribution in [-0.2, 0) is 4.79 Å². The Bertz CT molecular complexity index is 433. The van der Waals surface area contributed by atoms with Crippen LogP contribution in [0.1, 0.15) is 37.3 Å². The van der Waals surface area contributed by atoms with Crippen LogP contribution in [0.2, 0.25) is 0 Å². The van der Waals surface area contributed by atoms with Gasteiger partial charge in [-0.25, -0.2) is 0 Å². The molecule has 1 aliphatic heterocycles. The second-order valence-electron chi connectivity index (χ2n) is 5.36. The number of nitrogens with one attached hydrogen (secondary N) is 1. The highest BCUT2D eigenvalue weighted by Crippen LogP contribution is 2.37. The smallest absolute Gasteiger partial charge is 0.153 e. The highest BCUT2D eigenvalue weighted by atomic mass is 79.9. The number of ketones is 1. The van der Waals surface area contributed by atoms with Crippen LogP contribution in [0.15, 0.2) is 30.3 Å². The lowest BCUT2D eigenvalue weighted by molar-refractivity contribution is -0.126. The first-order valence-corrected chi connectivity index (χ1v) is 7.68. The molecule has 4 unspecified atom stereocenters. The van der Waals surface area contributed by atoms with Crippen LogP contribution in [0.3, 0.4) is 0 Å². The van der Waals surface area contributed by atoms with Crippen molar-refractivity contribution in [2.45, 2.75) is 42.6 Å². The van der Waals surface area contributed by atoms with Gasteiger partial charge in [0.05, 0.1) is 10.9 Å². The number of hydrogen-bond donors (Lipinski definition) is 1. The third-order valence-corrected chi connectivity index (χ3v) is 5.23. The highest BCUT2D eigenvalue weighted by molar-refractivity contribution is 9.10. The van der Waals surface area contributed by atoms with Gasteiger partial charge in [0.1, 0.15) is 0 Å². The molecule has 0 aromatic heterocycles. The van der Waals surface area contributed by atoms with Gasteiger partial charge in [0.15, 0.2) is 5.78 Å². The summed E-state index contributed by atoms with van der Waals surface area (Å²) in [6.45, 7) is 0. The van der Waals surface area contributed by atoms with Crippen LogP contribution in [0.5, 0.6) is 0 Å². The molecule has 3 rings (SSSR count). The summed E-state index contributed by atoms with van der Waals surface area (Å²) < 4.78 is 0. The molecule has 4 atom stereocenters. The number of alkyl halides is 1. The molecule has 1 saturated carbocycles. The summed E-state index contributed by atoms with van der Waals surface area (Å²) in [4.78, 5) is 12.4. The molecule has 2 aliphatic rings. The topological polar surface area (TPSA) is 29.1 Å². The van der Waals surface area contributed by atoms with Crippen molar-refractivity contribution in [1.82, 2.24) is 5.32 Å². The third kappa shape index (κ3) is 2.14. The molecular weight excluding hydrogens is 290 g/mol. The minimum atomic E-state index is -0.0840. The molecule has 0 spiro atoms. The average Bonchev–Trinajstić information content (AvgIpc) is 2.44. The molecule has 3 heteroatoms. The predicted octanol–water partition coefficient (Wildman–Crippen LogP) is 3.22.